The fourth-order valence-corrected chi connectivity index (χ4v) is 0.898. The van der Waals surface area contributed by atoms with Gasteiger partial charge in [0, 0.05) is 13.6 Å². The molecule has 1 aliphatic rings. The Morgan fingerprint density at radius 3 is 2.50 bits per heavy atom. The molecule has 0 aromatic rings. The number of nitrogens with zero attached hydrogens (tertiary/aromatic N) is 1. The van der Waals surface area contributed by atoms with Gasteiger partial charge in [0.2, 0.25) is 0 Å². The van der Waals surface area contributed by atoms with E-state index < -0.39 is 0 Å². The topological polar surface area (TPSA) is 12.5 Å². The van der Waals surface area contributed by atoms with E-state index in [2.05, 4.69) is 0 Å². The second-order valence-corrected chi connectivity index (χ2v) is 2.25. The van der Waals surface area contributed by atoms with E-state index >= 15 is 0 Å². The van der Waals surface area contributed by atoms with Crippen molar-refractivity contribution in [1.82, 2.24) is 5.06 Å². The lowest BCUT2D eigenvalue weighted by molar-refractivity contribution is -0.131. The minimum atomic E-state index is 0.913. The third-order valence-electron chi connectivity index (χ3n) is 1.43. The summed E-state index contributed by atoms with van der Waals surface area (Å²) in [4.78, 5) is 5.24. The number of hydrogen-bond acceptors (Lipinski definition) is 2. The first-order valence-corrected chi connectivity index (χ1v) is 4.23. The Balaban J connectivity index is 0.000000371. The normalized spacial score (nSPS) is 20.7. The van der Waals surface area contributed by atoms with Gasteiger partial charge >= 0.3 is 0 Å². The van der Waals surface area contributed by atoms with Gasteiger partial charge < -0.3 is 0 Å². The first kappa shape index (κ1) is 9.92. The van der Waals surface area contributed by atoms with Crippen LogP contribution in [0.15, 0.2) is 0 Å². The van der Waals surface area contributed by atoms with E-state index in [0.717, 1.165) is 13.2 Å². The lowest BCUT2D eigenvalue weighted by atomic mass is 10.2. The van der Waals surface area contributed by atoms with E-state index in [1.807, 2.05) is 26.0 Å². The van der Waals surface area contributed by atoms with Crippen molar-refractivity contribution in [3.05, 3.63) is 0 Å². The first-order valence-electron chi connectivity index (χ1n) is 4.23. The molecule has 0 N–H and O–H groups in total. The number of hydrogen-bond donors (Lipinski definition) is 0. The Kier molecular flexibility index (Phi) is 6.98. The van der Waals surface area contributed by atoms with E-state index in [9.17, 15) is 0 Å². The van der Waals surface area contributed by atoms with Gasteiger partial charge in [0.05, 0.1) is 6.61 Å². The predicted octanol–water partition coefficient (Wildman–Crippen LogP) is 2.06. The third-order valence-corrected chi connectivity index (χ3v) is 1.43. The zero-order chi connectivity index (χ0) is 7.82. The molecule has 0 aromatic heterocycles. The highest BCUT2D eigenvalue weighted by Crippen LogP contribution is 2.03. The molecule has 10 heavy (non-hydrogen) atoms. The van der Waals surface area contributed by atoms with Crippen LogP contribution < -0.4 is 0 Å². The van der Waals surface area contributed by atoms with Crippen molar-refractivity contribution >= 4 is 0 Å². The van der Waals surface area contributed by atoms with E-state index in [-0.39, 0.29) is 0 Å². The van der Waals surface area contributed by atoms with E-state index in [0.29, 0.717) is 0 Å². The monoisotopic (exact) mass is 145 g/mol. The average Bonchev–Trinajstić information content (AvgIpc) is 2.21. The molecule has 1 aliphatic heterocycles. The fraction of sp³-hybridized carbons (Fsp3) is 1.00. The molecule has 0 unspecified atom stereocenters. The standard InChI is InChI=1S/C6H13NO.C2H6/c1-7-5-3-2-4-6-8-7;1-2/h2-6H2,1H3;1-2H3. The quantitative estimate of drug-likeness (QED) is 0.517. The fourth-order valence-electron chi connectivity index (χ4n) is 0.898. The summed E-state index contributed by atoms with van der Waals surface area (Å²) in [5, 5.41) is 1.92. The van der Waals surface area contributed by atoms with E-state index in [1.54, 1.807) is 0 Å². The Morgan fingerprint density at radius 1 is 1.10 bits per heavy atom. The second kappa shape index (κ2) is 7.03. The molecule has 0 radical (unpaired) electrons. The van der Waals surface area contributed by atoms with Gasteiger partial charge in [-0.05, 0) is 19.3 Å². The van der Waals surface area contributed by atoms with Crippen LogP contribution in [0.2, 0.25) is 0 Å². The highest BCUT2D eigenvalue weighted by molar-refractivity contribution is 4.47. The minimum Gasteiger partial charge on any atom is -0.299 e. The molecule has 62 valence electrons. The van der Waals surface area contributed by atoms with Crippen LogP contribution in [-0.4, -0.2) is 25.3 Å². The number of hydroxylamine groups is 2. The molecule has 2 nitrogen and oxygen atoms in total. The van der Waals surface area contributed by atoms with Gasteiger partial charge in [0.1, 0.15) is 0 Å². The van der Waals surface area contributed by atoms with Gasteiger partial charge in [0.25, 0.3) is 0 Å². The Bertz CT molecular complexity index is 58.3. The largest absolute Gasteiger partial charge is 0.299 e. The highest BCUT2D eigenvalue weighted by atomic mass is 16.7. The number of rotatable bonds is 0. The van der Waals surface area contributed by atoms with Crippen LogP contribution >= 0.6 is 0 Å². The lowest BCUT2D eigenvalue weighted by Gasteiger charge is -2.10. The van der Waals surface area contributed by atoms with Crippen molar-refractivity contribution in [1.29, 1.82) is 0 Å². The van der Waals surface area contributed by atoms with E-state index in [4.69, 9.17) is 4.84 Å². The third kappa shape index (κ3) is 4.77. The molecule has 1 rings (SSSR count). The van der Waals surface area contributed by atoms with Crippen LogP contribution in [0.1, 0.15) is 33.1 Å². The molecule has 0 aromatic carbocycles. The van der Waals surface area contributed by atoms with Crippen LogP contribution in [-0.2, 0) is 4.84 Å². The van der Waals surface area contributed by atoms with Crippen LogP contribution in [0.25, 0.3) is 0 Å². The van der Waals surface area contributed by atoms with E-state index in [1.165, 1.54) is 19.3 Å². The van der Waals surface area contributed by atoms with Crippen molar-refractivity contribution in [3.8, 4) is 0 Å². The zero-order valence-corrected chi connectivity index (χ0v) is 7.39. The molecule has 2 heteroatoms. The summed E-state index contributed by atoms with van der Waals surface area (Å²) >= 11 is 0. The Labute approximate surface area is 64.1 Å². The molecule has 0 atom stereocenters. The second-order valence-electron chi connectivity index (χ2n) is 2.25. The van der Waals surface area contributed by atoms with Gasteiger partial charge in [-0.1, -0.05) is 13.8 Å². The molecule has 0 aliphatic carbocycles. The van der Waals surface area contributed by atoms with Crippen molar-refractivity contribution in [2.24, 2.45) is 0 Å². The van der Waals surface area contributed by atoms with Crippen molar-refractivity contribution < 1.29 is 4.84 Å². The SMILES string of the molecule is CC.CN1CCCCCO1. The maximum Gasteiger partial charge on any atom is 0.0685 e. The van der Waals surface area contributed by atoms with Gasteiger partial charge in [-0.15, -0.1) is 0 Å². The van der Waals surface area contributed by atoms with Gasteiger partial charge in [-0.2, -0.15) is 5.06 Å². The minimum absolute atomic E-state index is 0.913. The van der Waals surface area contributed by atoms with Crippen LogP contribution in [0, 0.1) is 0 Å². The van der Waals surface area contributed by atoms with Gasteiger partial charge in [-0.3, -0.25) is 4.84 Å². The van der Waals surface area contributed by atoms with Crippen molar-refractivity contribution in [2.75, 3.05) is 20.2 Å². The van der Waals surface area contributed by atoms with Gasteiger partial charge in [-0.25, -0.2) is 0 Å². The maximum absolute atomic E-state index is 5.24. The molecular formula is C8H19NO. The summed E-state index contributed by atoms with van der Waals surface area (Å²) in [7, 11) is 1.99. The molecule has 0 bridgehead atoms. The molecule has 1 saturated heterocycles. The van der Waals surface area contributed by atoms with Crippen molar-refractivity contribution in [2.45, 2.75) is 33.1 Å². The molecule has 0 spiro atoms. The van der Waals surface area contributed by atoms with Crippen LogP contribution in [0.3, 0.4) is 0 Å². The predicted molar refractivity (Wildman–Crippen MR) is 43.8 cm³/mol. The molecule has 0 amide bonds. The Morgan fingerprint density at radius 2 is 1.80 bits per heavy atom. The summed E-state index contributed by atoms with van der Waals surface area (Å²) in [5.41, 5.74) is 0. The first-order chi connectivity index (χ1) is 4.89. The summed E-state index contributed by atoms with van der Waals surface area (Å²) in [6, 6.07) is 0. The summed E-state index contributed by atoms with van der Waals surface area (Å²) in [6.07, 6.45) is 3.84. The Hall–Kier alpha value is -0.0800. The van der Waals surface area contributed by atoms with Crippen molar-refractivity contribution in [3.63, 3.8) is 0 Å². The maximum atomic E-state index is 5.24. The summed E-state index contributed by atoms with van der Waals surface area (Å²) < 4.78 is 0. The summed E-state index contributed by atoms with van der Waals surface area (Å²) in [6.45, 7) is 6.01. The lowest BCUT2D eigenvalue weighted by Crippen LogP contribution is -2.17. The smallest absolute Gasteiger partial charge is 0.0685 e. The molecule has 1 heterocycles. The summed E-state index contributed by atoms with van der Waals surface area (Å²) in [5.74, 6) is 0. The molecule has 0 saturated carbocycles. The van der Waals surface area contributed by atoms with Gasteiger partial charge in [0.15, 0.2) is 0 Å². The van der Waals surface area contributed by atoms with Crippen LogP contribution in [0.5, 0.6) is 0 Å². The highest BCUT2D eigenvalue weighted by Gasteiger charge is 2.01. The molecule has 1 fully saturated rings. The average molecular weight is 145 g/mol. The molecular weight excluding hydrogens is 126 g/mol. The van der Waals surface area contributed by atoms with Crippen LogP contribution in [0.4, 0.5) is 0 Å². The zero-order valence-electron chi connectivity index (χ0n) is 7.39.